The fourth-order valence-corrected chi connectivity index (χ4v) is 3.78. The van der Waals surface area contributed by atoms with Gasteiger partial charge >= 0.3 is 0 Å². The molecule has 0 bridgehead atoms. The van der Waals surface area contributed by atoms with Crippen LogP contribution >= 0.6 is 0 Å². The number of aromatic nitrogens is 5. The van der Waals surface area contributed by atoms with Gasteiger partial charge in [-0.2, -0.15) is 20.0 Å². The van der Waals surface area contributed by atoms with Gasteiger partial charge in [-0.25, -0.2) is 4.39 Å². The zero-order valence-corrected chi connectivity index (χ0v) is 17.9. The van der Waals surface area contributed by atoms with Crippen molar-refractivity contribution in [1.29, 1.82) is 0 Å². The smallest absolute Gasteiger partial charge is 0.255 e. The summed E-state index contributed by atoms with van der Waals surface area (Å²) in [6.07, 6.45) is 3.06. The van der Waals surface area contributed by atoms with Crippen LogP contribution in [0.15, 0.2) is 28.9 Å². The molecule has 0 spiro atoms. The highest BCUT2D eigenvalue weighted by Crippen LogP contribution is 2.31. The Labute approximate surface area is 178 Å². The van der Waals surface area contributed by atoms with Crippen LogP contribution in [0.25, 0.3) is 11.4 Å². The fraction of sp³-hybridized carbons (Fsp3) is 0.476. The van der Waals surface area contributed by atoms with Crippen molar-refractivity contribution in [2.45, 2.75) is 58.2 Å². The topological polar surface area (TPSA) is 110 Å². The number of nitrogens with zero attached hydrogens (tertiary/aromatic N) is 6. The molecule has 3 heterocycles. The number of halogens is 1. The zero-order valence-electron chi connectivity index (χ0n) is 17.9. The Kier molecular flexibility index (Phi) is 5.34. The van der Waals surface area contributed by atoms with Gasteiger partial charge < -0.3 is 14.5 Å². The molecular formula is C21H25FN6O3. The van der Waals surface area contributed by atoms with E-state index < -0.39 is 11.4 Å². The summed E-state index contributed by atoms with van der Waals surface area (Å²) in [6.45, 7) is 7.22. The summed E-state index contributed by atoms with van der Waals surface area (Å²) in [4.78, 5) is 20.8. The van der Waals surface area contributed by atoms with Crippen molar-refractivity contribution in [3.8, 4) is 11.4 Å². The molecule has 0 saturated carbocycles. The van der Waals surface area contributed by atoms with Gasteiger partial charge in [0.15, 0.2) is 0 Å². The number of rotatable bonds is 4. The number of carbonyl (C=O) groups is 1. The summed E-state index contributed by atoms with van der Waals surface area (Å²) in [6, 6.07) is 4.14. The van der Waals surface area contributed by atoms with Gasteiger partial charge in [0.2, 0.25) is 11.7 Å². The maximum Gasteiger partial charge on any atom is 0.255 e. The first-order chi connectivity index (χ1) is 14.6. The van der Waals surface area contributed by atoms with Crippen molar-refractivity contribution >= 4 is 5.91 Å². The molecule has 1 aliphatic heterocycles. The number of aryl methyl sites for hydroxylation is 1. The zero-order chi connectivity index (χ0) is 22.3. The third-order valence-corrected chi connectivity index (χ3v) is 5.58. The number of likely N-dealkylation sites (tertiary alicyclic amines) is 1. The van der Waals surface area contributed by atoms with Crippen molar-refractivity contribution in [1.82, 2.24) is 30.0 Å². The minimum absolute atomic E-state index is 0.0280. The number of benzene rings is 1. The molecule has 0 unspecified atom stereocenters. The Hall–Kier alpha value is -3.14. The second-order valence-corrected chi connectivity index (χ2v) is 8.45. The normalized spacial score (nSPS) is 19.6. The third kappa shape index (κ3) is 4.07. The van der Waals surface area contributed by atoms with Crippen molar-refractivity contribution in [2.24, 2.45) is 0 Å². The molecule has 31 heavy (non-hydrogen) atoms. The summed E-state index contributed by atoms with van der Waals surface area (Å²) in [5.41, 5.74) is -0.433. The van der Waals surface area contributed by atoms with Crippen LogP contribution in [0.3, 0.4) is 0 Å². The van der Waals surface area contributed by atoms with Gasteiger partial charge in [-0.15, -0.1) is 0 Å². The number of amides is 1. The van der Waals surface area contributed by atoms with E-state index in [1.165, 1.54) is 18.3 Å². The molecule has 1 aliphatic rings. The largest absolute Gasteiger partial charge is 0.384 e. The van der Waals surface area contributed by atoms with Crippen molar-refractivity contribution in [2.75, 3.05) is 6.54 Å². The average molecular weight is 428 g/mol. The van der Waals surface area contributed by atoms with E-state index in [9.17, 15) is 14.3 Å². The van der Waals surface area contributed by atoms with E-state index in [-0.39, 0.29) is 40.8 Å². The van der Waals surface area contributed by atoms with Gasteiger partial charge in [-0.3, -0.25) is 4.79 Å². The van der Waals surface area contributed by atoms with Crippen molar-refractivity contribution < 1.29 is 18.8 Å². The van der Waals surface area contributed by atoms with Crippen LogP contribution < -0.4 is 0 Å². The lowest BCUT2D eigenvalue weighted by molar-refractivity contribution is 0.0533. The molecule has 2 atom stereocenters. The number of hydrogen-bond acceptors (Lipinski definition) is 7. The highest BCUT2D eigenvalue weighted by atomic mass is 19.1. The average Bonchev–Trinajstić information content (AvgIpc) is 3.37. The summed E-state index contributed by atoms with van der Waals surface area (Å²) < 4.78 is 19.7. The van der Waals surface area contributed by atoms with Crippen LogP contribution in [0.4, 0.5) is 4.39 Å². The molecule has 0 aliphatic carbocycles. The van der Waals surface area contributed by atoms with Gasteiger partial charge in [0.05, 0.1) is 23.4 Å². The van der Waals surface area contributed by atoms with E-state index in [2.05, 4.69) is 20.3 Å². The Balaban J connectivity index is 1.64. The minimum atomic E-state index is -1.10. The maximum absolute atomic E-state index is 14.7. The summed E-state index contributed by atoms with van der Waals surface area (Å²) >= 11 is 0. The lowest BCUT2D eigenvalue weighted by Crippen LogP contribution is -2.46. The molecule has 1 aromatic carbocycles. The van der Waals surface area contributed by atoms with Gasteiger partial charge in [0.25, 0.3) is 5.91 Å². The lowest BCUT2D eigenvalue weighted by Gasteiger charge is -2.37. The number of aliphatic hydroxyl groups is 1. The fourth-order valence-electron chi connectivity index (χ4n) is 3.78. The van der Waals surface area contributed by atoms with Crippen molar-refractivity contribution in [3.05, 3.63) is 47.4 Å². The van der Waals surface area contributed by atoms with Crippen LogP contribution in [-0.2, 0) is 5.60 Å². The van der Waals surface area contributed by atoms with E-state index >= 15 is 0 Å². The molecule has 3 aromatic rings. The second-order valence-electron chi connectivity index (χ2n) is 8.45. The molecule has 2 aromatic heterocycles. The molecule has 1 saturated heterocycles. The maximum atomic E-state index is 14.7. The van der Waals surface area contributed by atoms with Crippen LogP contribution in [0.5, 0.6) is 0 Å². The summed E-state index contributed by atoms with van der Waals surface area (Å²) in [5.74, 6) is -0.570. The first kappa shape index (κ1) is 21.1. The molecule has 1 amide bonds. The Morgan fingerprint density at radius 2 is 2.10 bits per heavy atom. The van der Waals surface area contributed by atoms with Gasteiger partial charge in [-0.05, 0) is 45.7 Å². The molecule has 10 heteroatoms. The SMILES string of the molecule is Cc1nc(-c2c(F)cccc2C(=O)N2C[C@H](n3ncc(C(C)(C)O)n3)CC[C@H]2C)no1. The van der Waals surface area contributed by atoms with E-state index in [0.717, 1.165) is 12.8 Å². The van der Waals surface area contributed by atoms with Crippen LogP contribution in [-0.4, -0.2) is 53.6 Å². The standard InChI is InChI=1S/C21H25FN6O3/c1-12-8-9-14(28-23-10-17(25-28)21(3,4)30)11-27(12)20(29)15-6-5-7-16(22)18(15)19-24-13(2)31-26-19/h5-7,10,12,14,30H,8-9,11H2,1-4H3/t12-,14-/m1/s1. The molecule has 0 radical (unpaired) electrons. The number of carbonyl (C=O) groups excluding carboxylic acids is 1. The molecule has 1 N–H and O–H groups in total. The predicted octanol–water partition coefficient (Wildman–Crippen LogP) is 2.87. The Morgan fingerprint density at radius 3 is 2.74 bits per heavy atom. The predicted molar refractivity (Wildman–Crippen MR) is 108 cm³/mol. The van der Waals surface area contributed by atoms with E-state index in [1.807, 2.05) is 6.92 Å². The minimum Gasteiger partial charge on any atom is -0.384 e. The second kappa shape index (κ2) is 7.84. The first-order valence-electron chi connectivity index (χ1n) is 10.2. The van der Waals surface area contributed by atoms with Gasteiger partial charge in [0.1, 0.15) is 17.1 Å². The quantitative estimate of drug-likeness (QED) is 0.680. The molecule has 1 fully saturated rings. The Morgan fingerprint density at radius 1 is 1.32 bits per heavy atom. The number of hydrogen-bond donors (Lipinski definition) is 1. The number of piperidine rings is 1. The van der Waals surface area contributed by atoms with Gasteiger partial charge in [0, 0.05) is 19.5 Å². The molecular weight excluding hydrogens is 403 g/mol. The highest BCUT2D eigenvalue weighted by molar-refractivity contribution is 6.00. The Bertz CT molecular complexity index is 1100. The first-order valence-corrected chi connectivity index (χ1v) is 10.2. The molecule has 9 nitrogen and oxygen atoms in total. The van der Waals surface area contributed by atoms with Gasteiger partial charge in [-0.1, -0.05) is 11.2 Å². The van der Waals surface area contributed by atoms with E-state index in [1.54, 1.807) is 36.5 Å². The van der Waals surface area contributed by atoms with Crippen LogP contribution in [0.1, 0.15) is 61.6 Å². The van der Waals surface area contributed by atoms with Crippen LogP contribution in [0, 0.1) is 12.7 Å². The molecule has 164 valence electrons. The summed E-state index contributed by atoms with van der Waals surface area (Å²) in [7, 11) is 0. The molecule has 4 rings (SSSR count). The van der Waals surface area contributed by atoms with Crippen LogP contribution in [0.2, 0.25) is 0 Å². The lowest BCUT2D eigenvalue weighted by atomic mass is 9.97. The van der Waals surface area contributed by atoms with E-state index in [0.29, 0.717) is 12.2 Å². The summed E-state index contributed by atoms with van der Waals surface area (Å²) in [5, 5.41) is 22.7. The monoisotopic (exact) mass is 428 g/mol. The third-order valence-electron chi connectivity index (χ3n) is 5.58. The van der Waals surface area contributed by atoms with E-state index in [4.69, 9.17) is 4.52 Å². The van der Waals surface area contributed by atoms with Crippen molar-refractivity contribution in [3.63, 3.8) is 0 Å². The highest BCUT2D eigenvalue weighted by Gasteiger charge is 2.34.